The van der Waals surface area contributed by atoms with Gasteiger partial charge in [0.05, 0.1) is 25.2 Å². The number of nitrogens with zero attached hydrogens (tertiary/aromatic N) is 1. The van der Waals surface area contributed by atoms with Crippen molar-refractivity contribution < 1.29 is 19.4 Å². The highest BCUT2D eigenvalue weighted by atomic mass is 16.5. The van der Waals surface area contributed by atoms with Crippen molar-refractivity contribution in [1.82, 2.24) is 4.90 Å². The van der Waals surface area contributed by atoms with Crippen LogP contribution in [0, 0.1) is 0 Å². The SMILES string of the molecule is CCCC1CC(N2CCOC(CC(=O)O)C2)CCO1. The van der Waals surface area contributed by atoms with E-state index in [1.54, 1.807) is 0 Å². The Morgan fingerprint density at radius 2 is 2.11 bits per heavy atom. The van der Waals surface area contributed by atoms with Gasteiger partial charge in [-0.15, -0.1) is 0 Å². The Kier molecular flexibility index (Phi) is 5.60. The maximum absolute atomic E-state index is 10.8. The molecule has 2 fully saturated rings. The fraction of sp³-hybridized carbons (Fsp3) is 0.929. The predicted octanol–water partition coefficient (Wildman–Crippen LogP) is 1.51. The van der Waals surface area contributed by atoms with E-state index in [9.17, 15) is 4.79 Å². The van der Waals surface area contributed by atoms with Crippen molar-refractivity contribution in [2.75, 3.05) is 26.3 Å². The van der Waals surface area contributed by atoms with E-state index in [2.05, 4.69) is 11.8 Å². The summed E-state index contributed by atoms with van der Waals surface area (Å²) in [6, 6.07) is 0.533. The summed E-state index contributed by atoms with van der Waals surface area (Å²) in [5, 5.41) is 8.86. The summed E-state index contributed by atoms with van der Waals surface area (Å²) in [4.78, 5) is 13.2. The number of carbonyl (C=O) groups is 1. The van der Waals surface area contributed by atoms with Crippen LogP contribution in [-0.4, -0.2) is 60.5 Å². The monoisotopic (exact) mass is 271 g/mol. The normalized spacial score (nSPS) is 33.2. The molecule has 0 aromatic heterocycles. The fourth-order valence-electron chi connectivity index (χ4n) is 3.11. The number of rotatable bonds is 5. The summed E-state index contributed by atoms with van der Waals surface area (Å²) in [5.41, 5.74) is 0. The first kappa shape index (κ1) is 14.8. The van der Waals surface area contributed by atoms with Gasteiger partial charge in [0.15, 0.2) is 0 Å². The van der Waals surface area contributed by atoms with Crippen molar-refractivity contribution in [2.24, 2.45) is 0 Å². The lowest BCUT2D eigenvalue weighted by Crippen LogP contribution is -2.51. The Morgan fingerprint density at radius 3 is 2.84 bits per heavy atom. The summed E-state index contributed by atoms with van der Waals surface area (Å²) >= 11 is 0. The van der Waals surface area contributed by atoms with Gasteiger partial charge in [-0.05, 0) is 19.3 Å². The molecule has 0 aliphatic carbocycles. The number of hydrogen-bond donors (Lipinski definition) is 1. The van der Waals surface area contributed by atoms with Crippen LogP contribution in [0.2, 0.25) is 0 Å². The highest BCUT2D eigenvalue weighted by molar-refractivity contribution is 5.67. The number of aliphatic carboxylic acids is 1. The minimum absolute atomic E-state index is 0.109. The molecule has 5 heteroatoms. The molecule has 0 bridgehead atoms. The molecule has 19 heavy (non-hydrogen) atoms. The van der Waals surface area contributed by atoms with Crippen molar-refractivity contribution in [3.63, 3.8) is 0 Å². The number of carboxylic acid groups (broad SMARTS) is 1. The largest absolute Gasteiger partial charge is 0.481 e. The molecule has 0 radical (unpaired) electrons. The zero-order valence-electron chi connectivity index (χ0n) is 11.7. The lowest BCUT2D eigenvalue weighted by atomic mass is 9.97. The number of morpholine rings is 1. The summed E-state index contributed by atoms with van der Waals surface area (Å²) in [5.74, 6) is -0.775. The molecule has 110 valence electrons. The van der Waals surface area contributed by atoms with Crippen molar-refractivity contribution in [2.45, 2.75) is 57.3 Å². The van der Waals surface area contributed by atoms with Crippen molar-refractivity contribution in [3.8, 4) is 0 Å². The third-order valence-corrected chi connectivity index (χ3v) is 4.04. The molecule has 2 aliphatic heterocycles. The molecule has 0 aromatic carbocycles. The zero-order valence-corrected chi connectivity index (χ0v) is 11.7. The van der Waals surface area contributed by atoms with Crippen LogP contribution in [0.4, 0.5) is 0 Å². The summed E-state index contributed by atoms with van der Waals surface area (Å²) in [6.07, 6.45) is 4.75. The van der Waals surface area contributed by atoms with Gasteiger partial charge >= 0.3 is 5.97 Å². The number of ether oxygens (including phenoxy) is 2. The highest BCUT2D eigenvalue weighted by Crippen LogP contribution is 2.24. The quantitative estimate of drug-likeness (QED) is 0.821. The van der Waals surface area contributed by atoms with Crippen LogP contribution in [0.5, 0.6) is 0 Å². The molecule has 2 rings (SSSR count). The molecule has 3 unspecified atom stereocenters. The molecule has 1 N–H and O–H groups in total. The topological polar surface area (TPSA) is 59.0 Å². The Bertz CT molecular complexity index is 295. The second kappa shape index (κ2) is 7.22. The molecule has 0 amide bonds. The predicted molar refractivity (Wildman–Crippen MR) is 71.2 cm³/mol. The minimum Gasteiger partial charge on any atom is -0.481 e. The second-order valence-corrected chi connectivity index (χ2v) is 5.55. The lowest BCUT2D eigenvalue weighted by Gasteiger charge is -2.41. The molecular weight excluding hydrogens is 246 g/mol. The van der Waals surface area contributed by atoms with Gasteiger partial charge < -0.3 is 14.6 Å². The highest BCUT2D eigenvalue weighted by Gasteiger charge is 2.31. The van der Waals surface area contributed by atoms with E-state index in [1.165, 1.54) is 0 Å². The Labute approximate surface area is 114 Å². The molecule has 0 saturated carbocycles. The zero-order chi connectivity index (χ0) is 13.7. The van der Waals surface area contributed by atoms with Crippen LogP contribution < -0.4 is 0 Å². The van der Waals surface area contributed by atoms with E-state index in [1.807, 2.05) is 0 Å². The molecule has 2 saturated heterocycles. The van der Waals surface area contributed by atoms with Crippen molar-refractivity contribution in [1.29, 1.82) is 0 Å². The third kappa shape index (κ3) is 4.44. The van der Waals surface area contributed by atoms with E-state index < -0.39 is 5.97 Å². The Morgan fingerprint density at radius 1 is 1.32 bits per heavy atom. The molecule has 2 heterocycles. The Balaban J connectivity index is 1.84. The molecule has 0 aromatic rings. The third-order valence-electron chi connectivity index (χ3n) is 4.04. The molecule has 2 aliphatic rings. The summed E-state index contributed by atoms with van der Waals surface area (Å²) in [6.45, 7) is 5.32. The van der Waals surface area contributed by atoms with E-state index in [0.717, 1.165) is 45.4 Å². The van der Waals surface area contributed by atoms with Gasteiger partial charge in [-0.1, -0.05) is 13.3 Å². The van der Waals surface area contributed by atoms with Gasteiger partial charge in [-0.3, -0.25) is 9.69 Å². The maximum Gasteiger partial charge on any atom is 0.306 e. The lowest BCUT2D eigenvalue weighted by molar-refractivity contribution is -0.143. The van der Waals surface area contributed by atoms with E-state index in [4.69, 9.17) is 14.6 Å². The van der Waals surface area contributed by atoms with Gasteiger partial charge in [-0.25, -0.2) is 0 Å². The maximum atomic E-state index is 10.8. The Hall–Kier alpha value is -0.650. The van der Waals surface area contributed by atoms with Crippen LogP contribution in [0.3, 0.4) is 0 Å². The van der Waals surface area contributed by atoms with Crippen LogP contribution in [0.1, 0.15) is 39.0 Å². The average Bonchev–Trinajstić information content (AvgIpc) is 2.39. The van der Waals surface area contributed by atoms with Crippen molar-refractivity contribution in [3.05, 3.63) is 0 Å². The molecule has 0 spiro atoms. The first-order chi connectivity index (χ1) is 9.19. The first-order valence-electron chi connectivity index (χ1n) is 7.38. The van der Waals surface area contributed by atoms with Gasteiger partial charge in [0.1, 0.15) is 0 Å². The van der Waals surface area contributed by atoms with Gasteiger partial charge in [0.2, 0.25) is 0 Å². The van der Waals surface area contributed by atoms with E-state index in [-0.39, 0.29) is 12.5 Å². The number of carboxylic acids is 1. The standard InChI is InChI=1S/C14H25NO4/c1-2-3-12-8-11(4-6-18-12)15-5-7-19-13(10-15)9-14(16)17/h11-13H,2-10H2,1H3,(H,16,17). The second-order valence-electron chi connectivity index (χ2n) is 5.55. The smallest absolute Gasteiger partial charge is 0.306 e. The van der Waals surface area contributed by atoms with Crippen LogP contribution in [0.15, 0.2) is 0 Å². The van der Waals surface area contributed by atoms with Gasteiger partial charge in [0, 0.05) is 25.7 Å². The van der Waals surface area contributed by atoms with Crippen LogP contribution >= 0.6 is 0 Å². The first-order valence-corrected chi connectivity index (χ1v) is 7.38. The summed E-state index contributed by atoms with van der Waals surface area (Å²) in [7, 11) is 0. The molecule has 5 nitrogen and oxygen atoms in total. The molecular formula is C14H25NO4. The summed E-state index contributed by atoms with van der Waals surface area (Å²) < 4.78 is 11.3. The average molecular weight is 271 g/mol. The van der Waals surface area contributed by atoms with Crippen LogP contribution in [-0.2, 0) is 14.3 Å². The molecule has 3 atom stereocenters. The fourth-order valence-corrected chi connectivity index (χ4v) is 3.11. The minimum atomic E-state index is -0.775. The number of hydrogen-bond acceptors (Lipinski definition) is 4. The van der Waals surface area contributed by atoms with Crippen molar-refractivity contribution >= 4 is 5.97 Å². The van der Waals surface area contributed by atoms with Gasteiger partial charge in [0.25, 0.3) is 0 Å². The van der Waals surface area contributed by atoms with Gasteiger partial charge in [-0.2, -0.15) is 0 Å². The van der Waals surface area contributed by atoms with E-state index in [0.29, 0.717) is 18.8 Å². The van der Waals surface area contributed by atoms with Crippen LogP contribution in [0.25, 0.3) is 0 Å². The van der Waals surface area contributed by atoms with E-state index >= 15 is 0 Å².